The van der Waals surface area contributed by atoms with Gasteiger partial charge in [-0.25, -0.2) is 8.78 Å². The van der Waals surface area contributed by atoms with Crippen LogP contribution in [0.4, 0.5) is 14.5 Å². The third kappa shape index (κ3) is 6.67. The minimum Gasteiger partial charge on any atom is -0.497 e. The fourth-order valence-electron chi connectivity index (χ4n) is 5.27. The molecule has 0 atom stereocenters. The number of nitrogens with zero attached hydrogens (tertiary/aromatic N) is 3. The highest BCUT2D eigenvalue weighted by Gasteiger charge is 2.33. The van der Waals surface area contributed by atoms with E-state index in [0.717, 1.165) is 73.6 Å². The maximum atomic E-state index is 13.4. The standard InChI is InChI=1S/C29H37F2N3O3/c1-33(2)28-19-32-27-7-6-23(36-3)18-26(27)25(28)5-4-8-29(20-35)9-11-34(12-10-29)13-14-37-24-16-21(30)15-22(31)17-24/h6-7,15-19,35H,4-5,8-14,20H2,1-3H3. The van der Waals surface area contributed by atoms with Crippen LogP contribution in [-0.2, 0) is 6.42 Å². The zero-order valence-electron chi connectivity index (χ0n) is 22.0. The lowest BCUT2D eigenvalue weighted by Gasteiger charge is -2.41. The number of piperidine rings is 1. The molecular weight excluding hydrogens is 476 g/mol. The molecule has 1 aliphatic rings. The number of hydrogen-bond donors (Lipinski definition) is 1. The van der Waals surface area contributed by atoms with Gasteiger partial charge in [-0.1, -0.05) is 0 Å². The van der Waals surface area contributed by atoms with Gasteiger partial charge in [-0.05, 0) is 74.4 Å². The molecular formula is C29H37F2N3O3. The van der Waals surface area contributed by atoms with Crippen LogP contribution in [-0.4, -0.2) is 69.0 Å². The number of aryl methyl sites for hydroxylation is 1. The van der Waals surface area contributed by atoms with E-state index in [4.69, 9.17) is 9.47 Å². The summed E-state index contributed by atoms with van der Waals surface area (Å²) in [6.45, 7) is 2.93. The van der Waals surface area contributed by atoms with Crippen molar-refractivity contribution < 1.29 is 23.4 Å². The van der Waals surface area contributed by atoms with Crippen molar-refractivity contribution in [3.05, 3.63) is 59.8 Å². The van der Waals surface area contributed by atoms with Gasteiger partial charge in [0.25, 0.3) is 0 Å². The summed E-state index contributed by atoms with van der Waals surface area (Å²) in [7, 11) is 5.74. The van der Waals surface area contributed by atoms with Crippen LogP contribution in [0, 0.1) is 17.0 Å². The highest BCUT2D eigenvalue weighted by Crippen LogP contribution is 2.37. The molecule has 1 aromatic heterocycles. The molecule has 0 aliphatic carbocycles. The van der Waals surface area contributed by atoms with Crippen molar-refractivity contribution in [2.75, 3.05) is 59.0 Å². The summed E-state index contributed by atoms with van der Waals surface area (Å²) in [6, 6.07) is 9.22. The highest BCUT2D eigenvalue weighted by atomic mass is 19.1. The van der Waals surface area contributed by atoms with Gasteiger partial charge in [-0.15, -0.1) is 0 Å². The van der Waals surface area contributed by atoms with Gasteiger partial charge in [0.2, 0.25) is 0 Å². The van der Waals surface area contributed by atoms with E-state index in [0.29, 0.717) is 13.2 Å². The Morgan fingerprint density at radius 2 is 1.78 bits per heavy atom. The average Bonchev–Trinajstić information content (AvgIpc) is 2.88. The van der Waals surface area contributed by atoms with Gasteiger partial charge in [-0.3, -0.25) is 9.88 Å². The maximum Gasteiger partial charge on any atom is 0.129 e. The second-order valence-corrected chi connectivity index (χ2v) is 10.2. The summed E-state index contributed by atoms with van der Waals surface area (Å²) in [5.41, 5.74) is 3.22. The fourth-order valence-corrected chi connectivity index (χ4v) is 5.27. The minimum absolute atomic E-state index is 0.0954. The van der Waals surface area contributed by atoms with Gasteiger partial charge in [0.1, 0.15) is 29.7 Å². The van der Waals surface area contributed by atoms with E-state index in [-0.39, 0.29) is 17.8 Å². The van der Waals surface area contributed by atoms with E-state index >= 15 is 0 Å². The number of rotatable bonds is 11. The van der Waals surface area contributed by atoms with E-state index < -0.39 is 11.6 Å². The second kappa shape index (κ2) is 12.0. The summed E-state index contributed by atoms with van der Waals surface area (Å²) in [4.78, 5) is 9.02. The third-order valence-electron chi connectivity index (χ3n) is 7.54. The van der Waals surface area contributed by atoms with Crippen LogP contribution in [0.25, 0.3) is 10.9 Å². The summed E-state index contributed by atoms with van der Waals surface area (Å²) in [5, 5.41) is 11.4. The van der Waals surface area contributed by atoms with Crippen molar-refractivity contribution in [3.63, 3.8) is 0 Å². The van der Waals surface area contributed by atoms with Crippen molar-refractivity contribution in [2.45, 2.75) is 32.1 Å². The summed E-state index contributed by atoms with van der Waals surface area (Å²) in [6.07, 6.45) is 6.55. The van der Waals surface area contributed by atoms with Gasteiger partial charge in [0, 0.05) is 50.8 Å². The van der Waals surface area contributed by atoms with Crippen molar-refractivity contribution >= 4 is 16.6 Å². The molecule has 1 aliphatic heterocycles. The quantitative estimate of drug-likeness (QED) is 0.387. The zero-order chi connectivity index (χ0) is 26.4. The Morgan fingerprint density at radius 3 is 2.43 bits per heavy atom. The predicted molar refractivity (Wildman–Crippen MR) is 143 cm³/mol. The normalized spacial score (nSPS) is 15.6. The average molecular weight is 514 g/mol. The summed E-state index contributed by atoms with van der Waals surface area (Å²) < 4.78 is 37.7. The molecule has 0 amide bonds. The molecule has 0 unspecified atom stereocenters. The molecule has 0 saturated carbocycles. The number of fused-ring (bicyclic) bond motifs is 1. The van der Waals surface area contributed by atoms with Crippen LogP contribution in [0.2, 0.25) is 0 Å². The lowest BCUT2D eigenvalue weighted by Crippen LogP contribution is -2.43. The summed E-state index contributed by atoms with van der Waals surface area (Å²) >= 11 is 0. The molecule has 3 aromatic rings. The smallest absolute Gasteiger partial charge is 0.129 e. The first-order valence-corrected chi connectivity index (χ1v) is 12.9. The number of hydrogen-bond acceptors (Lipinski definition) is 6. The molecule has 2 heterocycles. The zero-order valence-corrected chi connectivity index (χ0v) is 22.0. The number of anilines is 1. The maximum absolute atomic E-state index is 13.4. The van der Waals surface area contributed by atoms with E-state index in [2.05, 4.69) is 20.9 Å². The molecule has 1 saturated heterocycles. The molecule has 200 valence electrons. The Balaban J connectivity index is 1.33. The SMILES string of the molecule is COc1ccc2ncc(N(C)C)c(CCCC3(CO)CCN(CCOc4cc(F)cc(F)c4)CC3)c2c1. The Morgan fingerprint density at radius 1 is 1.05 bits per heavy atom. The number of pyridine rings is 1. The number of aliphatic hydroxyl groups is 1. The molecule has 0 bridgehead atoms. The Kier molecular flexibility index (Phi) is 8.82. The number of ether oxygens (including phenoxy) is 2. The van der Waals surface area contributed by atoms with Gasteiger partial charge >= 0.3 is 0 Å². The first kappa shape index (κ1) is 27.1. The Labute approximate surface area is 217 Å². The molecule has 1 fully saturated rings. The highest BCUT2D eigenvalue weighted by molar-refractivity contribution is 5.88. The van der Waals surface area contributed by atoms with Crippen LogP contribution in [0.1, 0.15) is 31.2 Å². The van der Waals surface area contributed by atoms with Gasteiger partial charge < -0.3 is 19.5 Å². The van der Waals surface area contributed by atoms with E-state index in [1.165, 1.54) is 17.7 Å². The predicted octanol–water partition coefficient (Wildman–Crippen LogP) is 5.06. The first-order valence-electron chi connectivity index (χ1n) is 12.9. The topological polar surface area (TPSA) is 58.1 Å². The number of likely N-dealkylation sites (tertiary alicyclic amines) is 1. The second-order valence-electron chi connectivity index (χ2n) is 10.2. The monoisotopic (exact) mass is 513 g/mol. The van der Waals surface area contributed by atoms with Crippen LogP contribution in [0.3, 0.4) is 0 Å². The van der Waals surface area contributed by atoms with Crippen molar-refractivity contribution in [2.24, 2.45) is 5.41 Å². The van der Waals surface area contributed by atoms with Crippen molar-refractivity contribution in [1.82, 2.24) is 9.88 Å². The molecule has 1 N–H and O–H groups in total. The Hall–Kier alpha value is -2.97. The molecule has 0 spiro atoms. The summed E-state index contributed by atoms with van der Waals surface area (Å²) in [5.74, 6) is -0.260. The lowest BCUT2D eigenvalue weighted by atomic mass is 9.75. The van der Waals surface area contributed by atoms with Crippen LogP contribution < -0.4 is 14.4 Å². The number of aromatic nitrogens is 1. The van der Waals surface area contributed by atoms with Crippen LogP contribution in [0.5, 0.6) is 11.5 Å². The molecule has 4 rings (SSSR count). The largest absolute Gasteiger partial charge is 0.497 e. The molecule has 6 nitrogen and oxygen atoms in total. The Bertz CT molecular complexity index is 1180. The third-order valence-corrected chi connectivity index (χ3v) is 7.54. The first-order chi connectivity index (χ1) is 17.8. The van der Waals surface area contributed by atoms with Gasteiger partial charge in [0.15, 0.2) is 0 Å². The van der Waals surface area contributed by atoms with E-state index in [1.807, 2.05) is 32.4 Å². The number of benzene rings is 2. The molecule has 0 radical (unpaired) electrons. The van der Waals surface area contributed by atoms with Gasteiger partial charge in [0.05, 0.1) is 24.5 Å². The molecule has 37 heavy (non-hydrogen) atoms. The number of halogens is 2. The number of methoxy groups -OCH3 is 1. The van der Waals surface area contributed by atoms with E-state index in [1.54, 1.807) is 7.11 Å². The lowest BCUT2D eigenvalue weighted by molar-refractivity contribution is 0.0316. The van der Waals surface area contributed by atoms with Crippen LogP contribution in [0.15, 0.2) is 42.6 Å². The molecule has 8 heteroatoms. The van der Waals surface area contributed by atoms with Gasteiger partial charge in [-0.2, -0.15) is 0 Å². The number of aliphatic hydroxyl groups excluding tert-OH is 1. The van der Waals surface area contributed by atoms with Crippen molar-refractivity contribution in [3.8, 4) is 11.5 Å². The van der Waals surface area contributed by atoms with Crippen molar-refractivity contribution in [1.29, 1.82) is 0 Å². The molecule has 2 aromatic carbocycles. The van der Waals surface area contributed by atoms with E-state index in [9.17, 15) is 13.9 Å². The minimum atomic E-state index is -0.641. The fraction of sp³-hybridized carbons (Fsp3) is 0.483. The van der Waals surface area contributed by atoms with Crippen LogP contribution >= 0.6 is 0 Å².